The van der Waals surface area contributed by atoms with Crippen LogP contribution in [0, 0.1) is 5.41 Å². The van der Waals surface area contributed by atoms with E-state index in [2.05, 4.69) is 17.6 Å². The van der Waals surface area contributed by atoms with Crippen LogP contribution in [0.1, 0.15) is 39.5 Å². The lowest BCUT2D eigenvalue weighted by Gasteiger charge is -2.14. The number of nitrogens with one attached hydrogen (secondary N) is 2. The molecule has 1 amide bonds. The molecule has 0 aromatic carbocycles. The van der Waals surface area contributed by atoms with Crippen LogP contribution < -0.4 is 10.6 Å². The summed E-state index contributed by atoms with van der Waals surface area (Å²) in [7, 11) is 0. The Bertz CT molecular complexity index is 188. The van der Waals surface area contributed by atoms with Gasteiger partial charge in [0.05, 0.1) is 6.54 Å². The summed E-state index contributed by atoms with van der Waals surface area (Å²) in [6.45, 7) is 6.41. The van der Waals surface area contributed by atoms with Gasteiger partial charge in [0.15, 0.2) is 0 Å². The van der Waals surface area contributed by atoms with Crippen molar-refractivity contribution in [2.24, 2.45) is 5.41 Å². The summed E-state index contributed by atoms with van der Waals surface area (Å²) in [6.07, 6.45) is 5.07. The summed E-state index contributed by atoms with van der Waals surface area (Å²) in [6, 6.07) is 0. The van der Waals surface area contributed by atoms with Crippen LogP contribution in [-0.4, -0.2) is 25.5 Å². The van der Waals surface area contributed by atoms with Crippen molar-refractivity contribution in [1.82, 2.24) is 10.6 Å². The van der Waals surface area contributed by atoms with Crippen LogP contribution in [-0.2, 0) is 4.79 Å². The van der Waals surface area contributed by atoms with E-state index in [0.717, 1.165) is 13.1 Å². The Labute approximate surface area is 86.6 Å². The van der Waals surface area contributed by atoms with Gasteiger partial charge >= 0.3 is 0 Å². The van der Waals surface area contributed by atoms with Gasteiger partial charge in [-0.05, 0) is 31.2 Å². The molecular formula is C11H22N2O. The molecule has 82 valence electrons. The minimum absolute atomic E-state index is 0.134. The van der Waals surface area contributed by atoms with E-state index in [1.165, 1.54) is 25.7 Å². The Morgan fingerprint density at radius 2 is 2.07 bits per heavy atom. The molecule has 1 aliphatic rings. The third-order valence-corrected chi connectivity index (χ3v) is 2.93. The summed E-state index contributed by atoms with van der Waals surface area (Å²) in [4.78, 5) is 11.3. The second-order valence-electron chi connectivity index (χ2n) is 4.31. The monoisotopic (exact) mass is 198 g/mol. The van der Waals surface area contributed by atoms with E-state index in [1.807, 2.05) is 6.92 Å². The zero-order valence-electron chi connectivity index (χ0n) is 9.36. The molecule has 14 heavy (non-hydrogen) atoms. The smallest absolute Gasteiger partial charge is 0.233 e. The Morgan fingerprint density at radius 1 is 1.36 bits per heavy atom. The van der Waals surface area contributed by atoms with Gasteiger partial charge in [0.1, 0.15) is 0 Å². The quantitative estimate of drug-likeness (QED) is 0.647. The van der Waals surface area contributed by atoms with Crippen molar-refractivity contribution in [1.29, 1.82) is 0 Å². The Hall–Kier alpha value is -0.570. The average molecular weight is 198 g/mol. The highest BCUT2D eigenvalue weighted by molar-refractivity contribution is 5.78. The largest absolute Gasteiger partial charge is 0.354 e. The van der Waals surface area contributed by atoms with Gasteiger partial charge in [-0.15, -0.1) is 0 Å². The highest BCUT2D eigenvalue weighted by atomic mass is 16.1. The first-order valence-electron chi connectivity index (χ1n) is 5.70. The number of hydrogen-bond donors (Lipinski definition) is 2. The molecular weight excluding hydrogens is 176 g/mol. The molecule has 0 unspecified atom stereocenters. The Balaban J connectivity index is 2.10. The molecule has 0 atom stereocenters. The minimum atomic E-state index is 0.134. The van der Waals surface area contributed by atoms with Crippen molar-refractivity contribution in [3.05, 3.63) is 0 Å². The minimum Gasteiger partial charge on any atom is -0.354 e. The lowest BCUT2D eigenvalue weighted by molar-refractivity contribution is -0.120. The van der Waals surface area contributed by atoms with Crippen LogP contribution in [0.3, 0.4) is 0 Å². The SMILES string of the molecule is CCCC1(CNC(=O)CNCC)CC1. The number of rotatable bonds is 7. The maximum atomic E-state index is 11.3. The molecule has 1 aliphatic carbocycles. The molecule has 3 heteroatoms. The maximum Gasteiger partial charge on any atom is 0.233 e. The highest BCUT2D eigenvalue weighted by Crippen LogP contribution is 2.48. The first-order chi connectivity index (χ1) is 6.72. The molecule has 1 saturated carbocycles. The van der Waals surface area contributed by atoms with Crippen molar-refractivity contribution in [2.75, 3.05) is 19.6 Å². The van der Waals surface area contributed by atoms with Gasteiger partial charge in [-0.2, -0.15) is 0 Å². The van der Waals surface area contributed by atoms with Crippen molar-refractivity contribution < 1.29 is 4.79 Å². The van der Waals surface area contributed by atoms with Crippen molar-refractivity contribution in [2.45, 2.75) is 39.5 Å². The molecule has 0 aromatic rings. The third-order valence-electron chi connectivity index (χ3n) is 2.93. The van der Waals surface area contributed by atoms with Crippen molar-refractivity contribution in [3.8, 4) is 0 Å². The van der Waals surface area contributed by atoms with Gasteiger partial charge in [0.2, 0.25) is 5.91 Å². The summed E-state index contributed by atoms with van der Waals surface area (Å²) < 4.78 is 0. The van der Waals surface area contributed by atoms with Crippen LogP contribution in [0.4, 0.5) is 0 Å². The molecule has 1 rings (SSSR count). The normalized spacial score (nSPS) is 17.9. The fourth-order valence-corrected chi connectivity index (χ4v) is 1.81. The van der Waals surface area contributed by atoms with Gasteiger partial charge in [0, 0.05) is 6.54 Å². The van der Waals surface area contributed by atoms with E-state index in [0.29, 0.717) is 12.0 Å². The highest BCUT2D eigenvalue weighted by Gasteiger charge is 2.41. The van der Waals surface area contributed by atoms with Crippen LogP contribution >= 0.6 is 0 Å². The predicted octanol–water partition coefficient (Wildman–Crippen LogP) is 1.29. The molecule has 3 nitrogen and oxygen atoms in total. The zero-order valence-corrected chi connectivity index (χ0v) is 9.36. The first kappa shape index (κ1) is 11.5. The molecule has 2 N–H and O–H groups in total. The second kappa shape index (κ2) is 5.35. The summed E-state index contributed by atoms with van der Waals surface area (Å²) in [5.74, 6) is 0.134. The molecule has 0 radical (unpaired) electrons. The maximum absolute atomic E-state index is 11.3. The number of amides is 1. The number of carbonyl (C=O) groups is 1. The molecule has 0 heterocycles. The average Bonchev–Trinajstić information content (AvgIpc) is 2.93. The summed E-state index contributed by atoms with van der Waals surface area (Å²) in [5.41, 5.74) is 0.469. The van der Waals surface area contributed by atoms with Crippen LogP contribution in [0.5, 0.6) is 0 Å². The lowest BCUT2D eigenvalue weighted by atomic mass is 10.0. The van der Waals surface area contributed by atoms with Gasteiger partial charge in [-0.3, -0.25) is 4.79 Å². The van der Waals surface area contributed by atoms with E-state index >= 15 is 0 Å². The number of carbonyl (C=O) groups excluding carboxylic acids is 1. The topological polar surface area (TPSA) is 41.1 Å². The van der Waals surface area contributed by atoms with Crippen LogP contribution in [0.15, 0.2) is 0 Å². The van der Waals surface area contributed by atoms with E-state index in [4.69, 9.17) is 0 Å². The van der Waals surface area contributed by atoms with Gasteiger partial charge in [-0.25, -0.2) is 0 Å². The first-order valence-corrected chi connectivity index (χ1v) is 5.70. The molecule has 0 bridgehead atoms. The summed E-state index contributed by atoms with van der Waals surface area (Å²) in [5, 5.41) is 6.03. The van der Waals surface area contributed by atoms with E-state index in [-0.39, 0.29) is 5.91 Å². The molecule has 0 saturated heterocycles. The molecule has 0 aliphatic heterocycles. The second-order valence-corrected chi connectivity index (χ2v) is 4.31. The third kappa shape index (κ3) is 3.66. The lowest BCUT2D eigenvalue weighted by Crippen LogP contribution is -2.37. The fourth-order valence-electron chi connectivity index (χ4n) is 1.81. The Kier molecular flexibility index (Phi) is 4.39. The van der Waals surface area contributed by atoms with Gasteiger partial charge in [-0.1, -0.05) is 20.3 Å². The van der Waals surface area contributed by atoms with Gasteiger partial charge in [0.25, 0.3) is 0 Å². The van der Waals surface area contributed by atoms with E-state index in [9.17, 15) is 4.79 Å². The van der Waals surface area contributed by atoms with Crippen LogP contribution in [0.25, 0.3) is 0 Å². The predicted molar refractivity (Wildman–Crippen MR) is 58.1 cm³/mol. The van der Waals surface area contributed by atoms with Crippen LogP contribution in [0.2, 0.25) is 0 Å². The molecule has 0 aromatic heterocycles. The van der Waals surface area contributed by atoms with Crippen molar-refractivity contribution >= 4 is 5.91 Å². The summed E-state index contributed by atoms with van der Waals surface area (Å²) >= 11 is 0. The number of likely N-dealkylation sites (N-methyl/N-ethyl adjacent to an activating group) is 1. The molecule has 1 fully saturated rings. The van der Waals surface area contributed by atoms with E-state index < -0.39 is 0 Å². The Morgan fingerprint density at radius 3 is 2.57 bits per heavy atom. The zero-order chi connectivity index (χ0) is 10.4. The molecule has 0 spiro atoms. The van der Waals surface area contributed by atoms with E-state index in [1.54, 1.807) is 0 Å². The van der Waals surface area contributed by atoms with Gasteiger partial charge < -0.3 is 10.6 Å². The fraction of sp³-hybridized carbons (Fsp3) is 0.909. The standard InChI is InChI=1S/C11H22N2O/c1-3-5-11(6-7-11)9-13-10(14)8-12-4-2/h12H,3-9H2,1-2H3,(H,13,14). The van der Waals surface area contributed by atoms with Crippen molar-refractivity contribution in [3.63, 3.8) is 0 Å². The number of hydrogen-bond acceptors (Lipinski definition) is 2.